The van der Waals surface area contributed by atoms with Crippen LogP contribution in [0.5, 0.6) is 0 Å². The van der Waals surface area contributed by atoms with E-state index >= 15 is 0 Å². The van der Waals surface area contributed by atoms with Crippen molar-refractivity contribution in [3.63, 3.8) is 0 Å². The zero-order valence-corrected chi connectivity index (χ0v) is 14.0. The molecule has 0 aliphatic carbocycles. The normalized spacial score (nSPS) is 10.6. The number of methoxy groups -OCH3 is 1. The van der Waals surface area contributed by atoms with E-state index in [-0.39, 0.29) is 24.2 Å². The molecular weight excluding hydrogens is 320 g/mol. The van der Waals surface area contributed by atoms with Crippen LogP contribution in [-0.4, -0.2) is 18.9 Å². The van der Waals surface area contributed by atoms with E-state index in [0.717, 1.165) is 5.39 Å². The molecule has 0 aliphatic rings. The first kappa shape index (κ1) is 16.7. The second kappa shape index (κ2) is 7.19. The van der Waals surface area contributed by atoms with E-state index < -0.39 is 0 Å². The summed E-state index contributed by atoms with van der Waals surface area (Å²) in [7, 11) is 1.57. The minimum atomic E-state index is -0.372. The summed E-state index contributed by atoms with van der Waals surface area (Å²) in [5.74, 6) is -0.334. The average molecular weight is 338 g/mol. The van der Waals surface area contributed by atoms with Crippen molar-refractivity contribution in [2.75, 3.05) is 17.7 Å². The van der Waals surface area contributed by atoms with E-state index in [1.54, 1.807) is 31.4 Å². The number of hydrogen-bond acceptors (Lipinski definition) is 4. The third-order valence-electron chi connectivity index (χ3n) is 3.63. The van der Waals surface area contributed by atoms with Gasteiger partial charge in [0, 0.05) is 36.4 Å². The number of hydrogen-bond donors (Lipinski definition) is 2. The van der Waals surface area contributed by atoms with Crippen molar-refractivity contribution in [2.24, 2.45) is 0 Å². The predicted octanol–water partition coefficient (Wildman–Crippen LogP) is 3.79. The van der Waals surface area contributed by atoms with Gasteiger partial charge in [-0.3, -0.25) is 9.59 Å². The first-order valence-corrected chi connectivity index (χ1v) is 7.77. The minimum absolute atomic E-state index is 0.178. The molecule has 2 amide bonds. The van der Waals surface area contributed by atoms with Gasteiger partial charge in [0.25, 0.3) is 5.91 Å². The van der Waals surface area contributed by atoms with Gasteiger partial charge in [0.15, 0.2) is 5.76 Å². The van der Waals surface area contributed by atoms with Crippen LogP contribution in [0, 0.1) is 0 Å². The van der Waals surface area contributed by atoms with Crippen LogP contribution in [0.3, 0.4) is 0 Å². The van der Waals surface area contributed by atoms with Gasteiger partial charge in [0.2, 0.25) is 5.91 Å². The van der Waals surface area contributed by atoms with Crippen LogP contribution in [0.4, 0.5) is 11.4 Å². The SMILES string of the molecule is COCc1c(C(=O)Nc2cccc(NC(C)=O)c2)oc2ccccc12. The summed E-state index contributed by atoms with van der Waals surface area (Å²) in [6, 6.07) is 14.3. The standard InChI is InChI=1S/C19H18N2O4/c1-12(22)20-13-6-5-7-14(10-13)21-19(23)18-16(11-24-2)15-8-3-4-9-17(15)25-18/h3-10H,11H2,1-2H3,(H,20,22)(H,21,23). The molecule has 0 bridgehead atoms. The molecular formula is C19H18N2O4. The maximum absolute atomic E-state index is 12.7. The van der Waals surface area contributed by atoms with E-state index in [9.17, 15) is 9.59 Å². The Hall–Kier alpha value is -3.12. The Morgan fingerprint density at radius 1 is 1.04 bits per heavy atom. The number of amides is 2. The molecule has 0 unspecified atom stereocenters. The van der Waals surface area contributed by atoms with Crippen molar-refractivity contribution in [1.82, 2.24) is 0 Å². The summed E-state index contributed by atoms with van der Waals surface area (Å²) >= 11 is 0. The van der Waals surface area contributed by atoms with Crippen molar-refractivity contribution in [3.05, 3.63) is 59.9 Å². The average Bonchev–Trinajstić information content (AvgIpc) is 2.94. The van der Waals surface area contributed by atoms with Crippen molar-refractivity contribution in [2.45, 2.75) is 13.5 Å². The maximum Gasteiger partial charge on any atom is 0.291 e. The highest BCUT2D eigenvalue weighted by molar-refractivity contribution is 6.06. The highest BCUT2D eigenvalue weighted by atomic mass is 16.5. The molecule has 0 aliphatic heterocycles. The third-order valence-corrected chi connectivity index (χ3v) is 3.63. The van der Waals surface area contributed by atoms with Crippen molar-refractivity contribution in [3.8, 4) is 0 Å². The molecule has 25 heavy (non-hydrogen) atoms. The Morgan fingerprint density at radius 2 is 1.76 bits per heavy atom. The molecule has 0 saturated heterocycles. The first-order valence-electron chi connectivity index (χ1n) is 7.77. The lowest BCUT2D eigenvalue weighted by atomic mass is 10.1. The molecule has 2 aromatic carbocycles. The molecule has 6 nitrogen and oxygen atoms in total. The lowest BCUT2D eigenvalue weighted by Gasteiger charge is -2.07. The summed E-state index contributed by atoms with van der Waals surface area (Å²) in [4.78, 5) is 23.8. The van der Waals surface area contributed by atoms with E-state index in [0.29, 0.717) is 22.5 Å². The summed E-state index contributed by atoms with van der Waals surface area (Å²) < 4.78 is 10.9. The quantitative estimate of drug-likeness (QED) is 0.742. The van der Waals surface area contributed by atoms with Crippen molar-refractivity contribution in [1.29, 1.82) is 0 Å². The number of carbonyl (C=O) groups is 2. The maximum atomic E-state index is 12.7. The van der Waals surface area contributed by atoms with Crippen LogP contribution in [-0.2, 0) is 16.1 Å². The van der Waals surface area contributed by atoms with Gasteiger partial charge in [-0.15, -0.1) is 0 Å². The van der Waals surface area contributed by atoms with Crippen LogP contribution in [0.1, 0.15) is 23.0 Å². The van der Waals surface area contributed by atoms with Gasteiger partial charge in [-0.2, -0.15) is 0 Å². The molecule has 3 rings (SSSR count). The molecule has 0 fully saturated rings. The number of ether oxygens (including phenoxy) is 1. The second-order valence-corrected chi connectivity index (χ2v) is 5.56. The number of anilines is 2. The minimum Gasteiger partial charge on any atom is -0.451 e. The second-order valence-electron chi connectivity index (χ2n) is 5.56. The fraction of sp³-hybridized carbons (Fsp3) is 0.158. The number of fused-ring (bicyclic) bond motifs is 1. The summed E-state index contributed by atoms with van der Waals surface area (Å²) in [6.45, 7) is 1.70. The van der Waals surface area contributed by atoms with E-state index in [4.69, 9.17) is 9.15 Å². The van der Waals surface area contributed by atoms with Crippen LogP contribution in [0.25, 0.3) is 11.0 Å². The first-order chi connectivity index (χ1) is 12.1. The topological polar surface area (TPSA) is 80.6 Å². The lowest BCUT2D eigenvalue weighted by molar-refractivity contribution is -0.114. The summed E-state index contributed by atoms with van der Waals surface area (Å²) in [5.41, 5.74) is 2.49. The molecule has 0 saturated carbocycles. The van der Waals surface area contributed by atoms with Gasteiger partial charge < -0.3 is 19.8 Å². The van der Waals surface area contributed by atoms with Gasteiger partial charge in [0.1, 0.15) is 5.58 Å². The highest BCUT2D eigenvalue weighted by Crippen LogP contribution is 2.27. The zero-order valence-electron chi connectivity index (χ0n) is 14.0. The molecule has 1 aromatic heterocycles. The van der Waals surface area contributed by atoms with E-state index in [1.807, 2.05) is 24.3 Å². The summed E-state index contributed by atoms with van der Waals surface area (Å²) in [5, 5.41) is 6.32. The predicted molar refractivity (Wildman–Crippen MR) is 95.6 cm³/mol. The smallest absolute Gasteiger partial charge is 0.291 e. The molecule has 0 atom stereocenters. The van der Waals surface area contributed by atoms with Crippen LogP contribution in [0.15, 0.2) is 52.9 Å². The summed E-state index contributed by atoms with van der Waals surface area (Å²) in [6.07, 6.45) is 0. The zero-order chi connectivity index (χ0) is 17.8. The van der Waals surface area contributed by atoms with Gasteiger partial charge in [-0.25, -0.2) is 0 Å². The number of nitrogens with one attached hydrogen (secondary N) is 2. The van der Waals surface area contributed by atoms with Crippen LogP contribution in [0.2, 0.25) is 0 Å². The Morgan fingerprint density at radius 3 is 2.48 bits per heavy atom. The van der Waals surface area contributed by atoms with Gasteiger partial charge >= 0.3 is 0 Å². The monoisotopic (exact) mass is 338 g/mol. The van der Waals surface area contributed by atoms with Crippen molar-refractivity contribution >= 4 is 34.2 Å². The van der Waals surface area contributed by atoms with Gasteiger partial charge in [-0.1, -0.05) is 24.3 Å². The van der Waals surface area contributed by atoms with Gasteiger partial charge in [0.05, 0.1) is 6.61 Å². The molecule has 1 heterocycles. The molecule has 0 radical (unpaired) electrons. The fourth-order valence-corrected chi connectivity index (χ4v) is 2.64. The Balaban J connectivity index is 1.90. The number of benzene rings is 2. The third kappa shape index (κ3) is 3.70. The number of para-hydroxylation sites is 1. The number of furan rings is 1. The number of carbonyl (C=O) groups excluding carboxylic acids is 2. The molecule has 0 spiro atoms. The Bertz CT molecular complexity index is 930. The lowest BCUT2D eigenvalue weighted by Crippen LogP contribution is -2.13. The highest BCUT2D eigenvalue weighted by Gasteiger charge is 2.20. The largest absolute Gasteiger partial charge is 0.451 e. The van der Waals surface area contributed by atoms with E-state index in [1.165, 1.54) is 6.92 Å². The fourth-order valence-electron chi connectivity index (χ4n) is 2.64. The molecule has 3 aromatic rings. The Labute approximate surface area is 144 Å². The number of rotatable bonds is 5. The van der Waals surface area contributed by atoms with Gasteiger partial charge in [-0.05, 0) is 24.3 Å². The Kier molecular flexibility index (Phi) is 4.81. The molecule has 2 N–H and O–H groups in total. The van der Waals surface area contributed by atoms with Crippen molar-refractivity contribution < 1.29 is 18.7 Å². The van der Waals surface area contributed by atoms with E-state index in [2.05, 4.69) is 10.6 Å². The molecule has 6 heteroatoms. The van der Waals surface area contributed by atoms with Crippen LogP contribution >= 0.6 is 0 Å². The van der Waals surface area contributed by atoms with Crippen LogP contribution < -0.4 is 10.6 Å². The molecule has 128 valence electrons.